The Balaban J connectivity index is 2.04. The molecule has 17 heavy (non-hydrogen) atoms. The number of aliphatic hydroxyl groups is 1. The van der Waals surface area contributed by atoms with Crippen LogP contribution in [-0.2, 0) is 6.54 Å². The fourth-order valence-corrected chi connectivity index (χ4v) is 2.59. The third-order valence-corrected chi connectivity index (χ3v) is 3.53. The van der Waals surface area contributed by atoms with Crippen molar-refractivity contribution in [1.82, 2.24) is 9.88 Å². The van der Waals surface area contributed by atoms with Crippen LogP contribution in [0, 0.1) is 6.92 Å². The molecule has 1 N–H and O–H groups in total. The first-order valence-electron chi connectivity index (χ1n) is 6.55. The van der Waals surface area contributed by atoms with Crippen LogP contribution in [0.15, 0.2) is 18.5 Å². The second kappa shape index (κ2) is 6.12. The molecule has 2 rings (SSSR count). The van der Waals surface area contributed by atoms with E-state index in [2.05, 4.69) is 22.9 Å². The highest BCUT2D eigenvalue weighted by atomic mass is 16.3. The number of aromatic nitrogens is 1. The molecule has 0 saturated carbocycles. The summed E-state index contributed by atoms with van der Waals surface area (Å²) in [5, 5.41) is 9.46. The molecule has 0 aliphatic carbocycles. The van der Waals surface area contributed by atoms with Crippen LogP contribution in [0.25, 0.3) is 0 Å². The summed E-state index contributed by atoms with van der Waals surface area (Å²) in [5.41, 5.74) is 2.46. The lowest BCUT2D eigenvalue weighted by Gasteiger charge is -2.28. The summed E-state index contributed by atoms with van der Waals surface area (Å²) >= 11 is 0. The van der Waals surface area contributed by atoms with E-state index in [1.807, 2.05) is 12.4 Å². The molecule has 1 aliphatic heterocycles. The quantitative estimate of drug-likeness (QED) is 0.870. The summed E-state index contributed by atoms with van der Waals surface area (Å²) in [5.74, 6) is 0. The third kappa shape index (κ3) is 3.51. The molecule has 0 amide bonds. The fraction of sp³-hybridized carbons (Fsp3) is 0.643. The largest absolute Gasteiger partial charge is 0.395 e. The van der Waals surface area contributed by atoms with Crippen LogP contribution in [0.4, 0.5) is 0 Å². The van der Waals surface area contributed by atoms with Gasteiger partial charge in [0.25, 0.3) is 0 Å². The van der Waals surface area contributed by atoms with Crippen LogP contribution in [0.1, 0.15) is 36.8 Å². The Hall–Kier alpha value is -0.930. The first kappa shape index (κ1) is 12.5. The van der Waals surface area contributed by atoms with Crippen LogP contribution < -0.4 is 0 Å². The number of likely N-dealkylation sites (tertiary alicyclic amines) is 1. The monoisotopic (exact) mass is 234 g/mol. The maximum atomic E-state index is 9.46. The van der Waals surface area contributed by atoms with E-state index < -0.39 is 0 Å². The van der Waals surface area contributed by atoms with Gasteiger partial charge in [-0.15, -0.1) is 0 Å². The molecule has 1 fully saturated rings. The molecule has 1 aromatic rings. The Morgan fingerprint density at radius 1 is 1.35 bits per heavy atom. The van der Waals surface area contributed by atoms with Crippen molar-refractivity contribution in [3.05, 3.63) is 29.6 Å². The Labute approximate surface area is 103 Å². The van der Waals surface area contributed by atoms with E-state index in [-0.39, 0.29) is 6.61 Å². The number of rotatable bonds is 3. The molecular weight excluding hydrogens is 212 g/mol. The van der Waals surface area contributed by atoms with Gasteiger partial charge in [-0.25, -0.2) is 0 Å². The van der Waals surface area contributed by atoms with Gasteiger partial charge in [-0.05, 0) is 37.4 Å². The van der Waals surface area contributed by atoms with Gasteiger partial charge >= 0.3 is 0 Å². The van der Waals surface area contributed by atoms with Crippen LogP contribution >= 0.6 is 0 Å². The molecule has 0 spiro atoms. The number of aliphatic hydroxyl groups excluding tert-OH is 1. The fourth-order valence-electron chi connectivity index (χ4n) is 2.59. The van der Waals surface area contributed by atoms with Crippen LogP contribution in [0.5, 0.6) is 0 Å². The average Bonchev–Trinajstić information content (AvgIpc) is 2.54. The van der Waals surface area contributed by atoms with Gasteiger partial charge < -0.3 is 5.11 Å². The van der Waals surface area contributed by atoms with Crippen molar-refractivity contribution >= 4 is 0 Å². The van der Waals surface area contributed by atoms with Gasteiger partial charge in [0.15, 0.2) is 0 Å². The van der Waals surface area contributed by atoms with E-state index in [0.717, 1.165) is 19.5 Å². The third-order valence-electron chi connectivity index (χ3n) is 3.53. The molecule has 1 unspecified atom stereocenters. The zero-order valence-electron chi connectivity index (χ0n) is 10.6. The molecule has 1 saturated heterocycles. The SMILES string of the molecule is Cc1cncc(CN2CCCCCC2CO)c1. The van der Waals surface area contributed by atoms with E-state index in [1.165, 1.54) is 30.4 Å². The summed E-state index contributed by atoms with van der Waals surface area (Å²) in [7, 11) is 0. The highest BCUT2D eigenvalue weighted by molar-refractivity contribution is 5.16. The Kier molecular flexibility index (Phi) is 4.51. The number of nitrogens with zero attached hydrogens (tertiary/aromatic N) is 2. The summed E-state index contributed by atoms with van der Waals surface area (Å²) < 4.78 is 0. The predicted molar refractivity (Wildman–Crippen MR) is 68.7 cm³/mol. The van der Waals surface area contributed by atoms with Crippen molar-refractivity contribution in [3.63, 3.8) is 0 Å². The van der Waals surface area contributed by atoms with E-state index in [9.17, 15) is 5.11 Å². The van der Waals surface area contributed by atoms with Crippen molar-refractivity contribution in [3.8, 4) is 0 Å². The zero-order chi connectivity index (χ0) is 12.1. The molecule has 0 radical (unpaired) electrons. The lowest BCUT2D eigenvalue weighted by molar-refractivity contribution is 0.118. The number of hydrogen-bond acceptors (Lipinski definition) is 3. The average molecular weight is 234 g/mol. The molecule has 0 aromatic carbocycles. The molecule has 3 heteroatoms. The lowest BCUT2D eigenvalue weighted by Crippen LogP contribution is -2.36. The second-order valence-electron chi connectivity index (χ2n) is 5.03. The maximum Gasteiger partial charge on any atom is 0.0586 e. The first-order valence-corrected chi connectivity index (χ1v) is 6.55. The number of hydrogen-bond donors (Lipinski definition) is 1. The van der Waals surface area contributed by atoms with Crippen LogP contribution in [0.3, 0.4) is 0 Å². The Morgan fingerprint density at radius 3 is 3.00 bits per heavy atom. The van der Waals surface area contributed by atoms with Gasteiger partial charge in [-0.2, -0.15) is 0 Å². The minimum Gasteiger partial charge on any atom is -0.395 e. The summed E-state index contributed by atoms with van der Waals surface area (Å²) in [4.78, 5) is 6.64. The van der Waals surface area contributed by atoms with Gasteiger partial charge in [0, 0.05) is 25.0 Å². The molecule has 1 aliphatic rings. The Bertz CT molecular complexity index is 354. The van der Waals surface area contributed by atoms with Crippen molar-refractivity contribution in [2.45, 2.75) is 45.2 Å². The number of aryl methyl sites for hydroxylation is 1. The molecule has 3 nitrogen and oxygen atoms in total. The van der Waals surface area contributed by atoms with Crippen molar-refractivity contribution in [2.75, 3.05) is 13.2 Å². The van der Waals surface area contributed by atoms with Crippen molar-refractivity contribution in [1.29, 1.82) is 0 Å². The molecule has 1 aromatic heterocycles. The molecule has 0 bridgehead atoms. The van der Waals surface area contributed by atoms with E-state index in [1.54, 1.807) is 0 Å². The highest BCUT2D eigenvalue weighted by Crippen LogP contribution is 2.19. The minimum absolute atomic E-state index is 0.277. The second-order valence-corrected chi connectivity index (χ2v) is 5.03. The summed E-state index contributed by atoms with van der Waals surface area (Å²) in [6, 6.07) is 2.52. The van der Waals surface area contributed by atoms with Crippen LogP contribution in [0.2, 0.25) is 0 Å². The maximum absolute atomic E-state index is 9.46. The summed E-state index contributed by atoms with van der Waals surface area (Å²) in [6.45, 7) is 4.36. The van der Waals surface area contributed by atoms with Gasteiger partial charge in [-0.3, -0.25) is 9.88 Å². The standard InChI is InChI=1S/C14H22N2O/c1-12-7-13(9-15-8-12)10-16-6-4-2-3-5-14(16)11-17/h7-9,14,17H,2-6,10-11H2,1H3. The van der Waals surface area contributed by atoms with Crippen molar-refractivity contribution < 1.29 is 5.11 Å². The molecule has 1 atom stereocenters. The first-order chi connectivity index (χ1) is 8.29. The smallest absolute Gasteiger partial charge is 0.0586 e. The molecular formula is C14H22N2O. The Morgan fingerprint density at radius 2 is 2.24 bits per heavy atom. The van der Waals surface area contributed by atoms with E-state index >= 15 is 0 Å². The van der Waals surface area contributed by atoms with E-state index in [0.29, 0.717) is 6.04 Å². The highest BCUT2D eigenvalue weighted by Gasteiger charge is 2.20. The van der Waals surface area contributed by atoms with Gasteiger partial charge in [0.2, 0.25) is 0 Å². The molecule has 94 valence electrons. The predicted octanol–water partition coefficient (Wildman–Crippen LogP) is 2.13. The van der Waals surface area contributed by atoms with Gasteiger partial charge in [0.1, 0.15) is 0 Å². The zero-order valence-corrected chi connectivity index (χ0v) is 10.6. The number of pyridine rings is 1. The van der Waals surface area contributed by atoms with E-state index in [4.69, 9.17) is 0 Å². The minimum atomic E-state index is 0.277. The topological polar surface area (TPSA) is 36.4 Å². The lowest BCUT2D eigenvalue weighted by atomic mass is 10.1. The van der Waals surface area contributed by atoms with Gasteiger partial charge in [-0.1, -0.05) is 18.9 Å². The van der Waals surface area contributed by atoms with Gasteiger partial charge in [0.05, 0.1) is 6.61 Å². The summed E-state index contributed by atoms with van der Waals surface area (Å²) in [6.07, 6.45) is 8.72. The normalized spacial score (nSPS) is 22.4. The van der Waals surface area contributed by atoms with Crippen molar-refractivity contribution in [2.24, 2.45) is 0 Å². The molecule has 2 heterocycles. The van der Waals surface area contributed by atoms with Crippen LogP contribution in [-0.4, -0.2) is 34.2 Å².